The summed E-state index contributed by atoms with van der Waals surface area (Å²) in [5.41, 5.74) is 0.538. The van der Waals surface area contributed by atoms with Crippen LogP contribution in [0.5, 0.6) is 0 Å². The molecule has 0 saturated carbocycles. The number of hydrogen-bond acceptors (Lipinski definition) is 11. The third-order valence-corrected chi connectivity index (χ3v) is 8.75. The molecule has 15 nitrogen and oxygen atoms in total. The van der Waals surface area contributed by atoms with E-state index in [1.165, 1.54) is 24.3 Å². The van der Waals surface area contributed by atoms with Crippen molar-refractivity contribution in [1.82, 2.24) is 25.3 Å². The van der Waals surface area contributed by atoms with Crippen molar-refractivity contribution in [1.29, 1.82) is 5.26 Å². The third-order valence-electron chi connectivity index (χ3n) is 7.41. The van der Waals surface area contributed by atoms with Gasteiger partial charge in [-0.1, -0.05) is 30.3 Å². The summed E-state index contributed by atoms with van der Waals surface area (Å²) in [7, 11) is 0. The minimum atomic E-state index is -1.64. The fourth-order valence-electron chi connectivity index (χ4n) is 5.11. The van der Waals surface area contributed by atoms with Gasteiger partial charge < -0.3 is 25.3 Å². The number of nitriles is 1. The quantitative estimate of drug-likeness (QED) is 0.163. The van der Waals surface area contributed by atoms with E-state index >= 15 is 0 Å². The van der Waals surface area contributed by atoms with E-state index in [1.54, 1.807) is 30.3 Å². The molecule has 17 heteroatoms. The second kappa shape index (κ2) is 14.8. The number of carboxylic acids is 1. The van der Waals surface area contributed by atoms with Crippen LogP contribution in [0, 0.1) is 11.3 Å². The first kappa shape index (κ1) is 35.2. The zero-order chi connectivity index (χ0) is 33.1. The molecule has 0 aliphatic carbocycles. The average Bonchev–Trinajstić information content (AvgIpc) is 3.45. The molecule has 1 unspecified atom stereocenters. The van der Waals surface area contributed by atoms with Gasteiger partial charge in [-0.25, -0.2) is 14.5 Å². The summed E-state index contributed by atoms with van der Waals surface area (Å²) in [4.78, 5) is 91.7. The Labute approximate surface area is 294 Å². The topological polar surface area (TPSA) is 209 Å². The van der Waals surface area contributed by atoms with Crippen molar-refractivity contribution in [2.75, 3.05) is 25.4 Å². The molecule has 2 N–H and O–H groups in total. The molecule has 3 aliphatic rings. The maximum absolute atomic E-state index is 13.6. The van der Waals surface area contributed by atoms with Crippen LogP contribution in [0.4, 0.5) is 9.59 Å². The number of thioether (sulfide) groups is 1. The van der Waals surface area contributed by atoms with Gasteiger partial charge in [0.05, 0.1) is 29.8 Å². The Bertz CT molecular complexity index is 1710. The predicted molar refractivity (Wildman–Crippen MR) is 156 cm³/mol. The zero-order valence-corrected chi connectivity index (χ0v) is 27.9. The molecule has 236 valence electrons. The molecule has 2 saturated heterocycles. The molecule has 3 aliphatic heterocycles. The number of carbonyl (C=O) groups excluding carboxylic acids is 7. The summed E-state index contributed by atoms with van der Waals surface area (Å²) in [6.45, 7) is 0.560. The molecular weight excluding hydrogens is 643 g/mol. The second-order valence-corrected chi connectivity index (χ2v) is 11.4. The van der Waals surface area contributed by atoms with Crippen LogP contribution in [0.1, 0.15) is 34.5 Å². The van der Waals surface area contributed by atoms with Crippen molar-refractivity contribution in [3.8, 4) is 6.07 Å². The maximum Gasteiger partial charge on any atom is 1.00 e. The standard InChI is InChI=1S/C30H26N6O9S.Na/c1-16(37)45-14-20-15-46-27-22(26(40)36(27)23(20)28(41)42)32-24(38)21(18-5-3-2-4-6-18)33-29(43)35-12-11-34(30(35)44)25(39)19-9-7-17(13-31)8-10-19;/h2-10,21-22,27H,11-12,14-15H2,1H3,(H,32,38)(H,33,43)(H,41,42);/q;+1/p-1/t21-,22?,27-;/m1./s1. The number of aliphatic carboxylic acids is 1. The number of urea groups is 2. The molecule has 0 radical (unpaired) electrons. The molecule has 3 atom stereocenters. The van der Waals surface area contributed by atoms with Gasteiger partial charge >= 0.3 is 47.6 Å². The number of benzene rings is 2. The van der Waals surface area contributed by atoms with Gasteiger partial charge in [-0.05, 0) is 29.8 Å². The van der Waals surface area contributed by atoms with E-state index in [0.29, 0.717) is 11.1 Å². The van der Waals surface area contributed by atoms with E-state index in [0.717, 1.165) is 33.4 Å². The van der Waals surface area contributed by atoms with Gasteiger partial charge in [0.25, 0.3) is 11.8 Å². The van der Waals surface area contributed by atoms with Crippen LogP contribution >= 0.6 is 11.8 Å². The van der Waals surface area contributed by atoms with Gasteiger partial charge in [0.15, 0.2) is 0 Å². The van der Waals surface area contributed by atoms with Gasteiger partial charge in [-0.3, -0.25) is 29.0 Å². The van der Waals surface area contributed by atoms with E-state index in [9.17, 15) is 38.7 Å². The Morgan fingerprint density at radius 2 is 1.70 bits per heavy atom. The summed E-state index contributed by atoms with van der Waals surface area (Å²) in [5, 5.41) is 25.1. The molecule has 47 heavy (non-hydrogen) atoms. The number of ether oxygens (including phenoxy) is 1. The number of fused-ring (bicyclic) bond motifs is 1. The number of nitrogens with zero attached hydrogens (tertiary/aromatic N) is 4. The fourth-order valence-corrected chi connectivity index (χ4v) is 6.44. The van der Waals surface area contributed by atoms with Crippen molar-refractivity contribution in [2.45, 2.75) is 24.4 Å². The van der Waals surface area contributed by atoms with Crippen LogP contribution in [0.25, 0.3) is 0 Å². The molecule has 3 heterocycles. The number of amides is 7. The molecule has 2 aromatic carbocycles. The van der Waals surface area contributed by atoms with Gasteiger partial charge in [-0.15, -0.1) is 11.8 Å². The van der Waals surface area contributed by atoms with E-state index in [1.807, 2.05) is 6.07 Å². The summed E-state index contributed by atoms with van der Waals surface area (Å²) in [5.74, 6) is -4.39. The summed E-state index contributed by atoms with van der Waals surface area (Å²) < 4.78 is 4.90. The number of nitrogens with one attached hydrogen (secondary N) is 2. The van der Waals surface area contributed by atoms with Gasteiger partial charge in [0, 0.05) is 30.4 Å². The first-order valence-corrected chi connectivity index (χ1v) is 14.9. The largest absolute Gasteiger partial charge is 1.00 e. The second-order valence-electron chi connectivity index (χ2n) is 10.3. The third kappa shape index (κ3) is 7.18. The Hall–Kier alpha value is -4.69. The maximum atomic E-state index is 13.6. The molecule has 0 spiro atoms. The van der Waals surface area contributed by atoms with Gasteiger partial charge in [0.2, 0.25) is 5.91 Å². The van der Waals surface area contributed by atoms with Crippen molar-refractivity contribution in [2.24, 2.45) is 0 Å². The number of hydrogen-bond donors (Lipinski definition) is 2. The minimum absolute atomic E-state index is 0. The summed E-state index contributed by atoms with van der Waals surface area (Å²) in [6, 6.07) is 11.2. The van der Waals surface area contributed by atoms with Crippen molar-refractivity contribution in [3.63, 3.8) is 0 Å². The smallest absolute Gasteiger partial charge is 0.543 e. The first-order valence-electron chi connectivity index (χ1n) is 13.8. The monoisotopic (exact) mass is 668 g/mol. The van der Waals surface area contributed by atoms with Gasteiger partial charge in [-0.2, -0.15) is 5.26 Å². The molecule has 2 aromatic rings. The number of carbonyl (C=O) groups is 7. The van der Waals surface area contributed by atoms with E-state index in [-0.39, 0.29) is 66.1 Å². The molecule has 2 fully saturated rings. The van der Waals surface area contributed by atoms with Crippen molar-refractivity contribution >= 4 is 53.5 Å². The van der Waals surface area contributed by atoms with Crippen LogP contribution < -0.4 is 45.3 Å². The molecule has 5 rings (SSSR count). The van der Waals surface area contributed by atoms with E-state index in [2.05, 4.69) is 10.6 Å². The Morgan fingerprint density at radius 1 is 1.04 bits per heavy atom. The number of esters is 1. The number of carboxylic acid groups (broad SMARTS) is 1. The van der Waals surface area contributed by atoms with Crippen molar-refractivity contribution < 1.29 is 73.0 Å². The first-order chi connectivity index (χ1) is 22.0. The zero-order valence-electron chi connectivity index (χ0n) is 25.1. The van der Waals surface area contributed by atoms with Crippen LogP contribution in [0.3, 0.4) is 0 Å². The summed E-state index contributed by atoms with van der Waals surface area (Å²) >= 11 is 1.15. The SMILES string of the molecule is CC(=O)OCC1=C(C(=O)[O-])N2C(=O)C(NC(=O)[C@H](NC(=O)N3CCN(C(=O)c4ccc(C#N)cc4)C3=O)c3ccccc3)[C@H]2SC1.[Na+]. The number of β-lactam (4-membered cyclic amide) rings is 1. The molecular formula is C30H25N6NaO9S. The minimum Gasteiger partial charge on any atom is -0.543 e. The van der Waals surface area contributed by atoms with Crippen LogP contribution in [0.2, 0.25) is 0 Å². The Morgan fingerprint density at radius 3 is 2.32 bits per heavy atom. The van der Waals surface area contributed by atoms with Crippen molar-refractivity contribution in [3.05, 3.63) is 82.6 Å². The van der Waals surface area contributed by atoms with Gasteiger partial charge in [0.1, 0.15) is 24.1 Å². The van der Waals surface area contributed by atoms with Crippen LogP contribution in [-0.4, -0.2) is 93.3 Å². The molecule has 0 bridgehead atoms. The van der Waals surface area contributed by atoms with E-state index in [4.69, 9.17) is 10.00 Å². The number of rotatable bonds is 8. The Kier molecular flexibility index (Phi) is 11.1. The molecule has 0 aromatic heterocycles. The fraction of sp³-hybridized carbons (Fsp3) is 0.267. The normalized spacial score (nSPS) is 19.0. The van der Waals surface area contributed by atoms with Crippen LogP contribution in [0.15, 0.2) is 65.9 Å². The summed E-state index contributed by atoms with van der Waals surface area (Å²) in [6.07, 6.45) is 0. The Balaban J connectivity index is 0.00000500. The predicted octanol–water partition coefficient (Wildman–Crippen LogP) is -3.14. The number of imide groups is 2. The van der Waals surface area contributed by atoms with Crippen LogP contribution in [-0.2, 0) is 23.9 Å². The average molecular weight is 669 g/mol. The van der Waals surface area contributed by atoms with E-state index < -0.39 is 64.9 Å². The molecule has 7 amide bonds.